The zero-order chi connectivity index (χ0) is 12.3. The lowest BCUT2D eigenvalue weighted by atomic mass is 9.81. The van der Waals surface area contributed by atoms with E-state index in [0.29, 0.717) is 5.54 Å². The molecule has 0 amide bonds. The summed E-state index contributed by atoms with van der Waals surface area (Å²) in [5.74, 6) is 0. The lowest BCUT2D eigenvalue weighted by Crippen LogP contribution is -2.58. The van der Waals surface area contributed by atoms with Gasteiger partial charge in [0.2, 0.25) is 0 Å². The average molecular weight is 244 g/mol. The zero-order valence-electron chi connectivity index (χ0n) is 11.2. The van der Waals surface area contributed by atoms with E-state index in [1.165, 1.54) is 57.3 Å². The molecule has 2 aliphatic rings. The molecule has 98 valence electrons. The lowest BCUT2D eigenvalue weighted by molar-refractivity contribution is 0.0937. The van der Waals surface area contributed by atoms with Crippen LogP contribution < -0.4 is 5.32 Å². The zero-order valence-corrected chi connectivity index (χ0v) is 11.2. The van der Waals surface area contributed by atoms with Crippen LogP contribution in [0.2, 0.25) is 0 Å². The van der Waals surface area contributed by atoms with Gasteiger partial charge >= 0.3 is 0 Å². The maximum Gasteiger partial charge on any atom is 0.0309 e. The first-order valence-electron chi connectivity index (χ1n) is 7.38. The molecule has 2 heterocycles. The second-order valence-electron chi connectivity index (χ2n) is 5.96. The van der Waals surface area contributed by atoms with Gasteiger partial charge in [0.25, 0.3) is 0 Å². The molecule has 0 bridgehead atoms. The molecule has 3 rings (SSSR count). The third-order valence-electron chi connectivity index (χ3n) is 4.49. The second-order valence-corrected chi connectivity index (χ2v) is 5.96. The highest BCUT2D eigenvalue weighted by molar-refractivity contribution is 5.15. The summed E-state index contributed by atoms with van der Waals surface area (Å²) in [6.07, 6.45) is 6.86. The predicted octanol–water partition coefficient (Wildman–Crippen LogP) is 2.79. The van der Waals surface area contributed by atoms with Crippen molar-refractivity contribution in [1.29, 1.82) is 0 Å². The molecule has 2 aliphatic heterocycles. The van der Waals surface area contributed by atoms with Crippen molar-refractivity contribution in [1.82, 2.24) is 10.2 Å². The van der Waals surface area contributed by atoms with E-state index >= 15 is 0 Å². The number of nitrogens with one attached hydrogen (secondary N) is 1. The van der Waals surface area contributed by atoms with Crippen molar-refractivity contribution in [3.8, 4) is 0 Å². The van der Waals surface area contributed by atoms with E-state index in [2.05, 4.69) is 40.5 Å². The van der Waals surface area contributed by atoms with Gasteiger partial charge < -0.3 is 5.32 Å². The van der Waals surface area contributed by atoms with Crippen molar-refractivity contribution in [2.75, 3.05) is 19.6 Å². The molecule has 2 heteroatoms. The summed E-state index contributed by atoms with van der Waals surface area (Å²) in [4.78, 5) is 2.64. The Bertz CT molecular complexity index is 362. The Hall–Kier alpha value is -0.860. The Morgan fingerprint density at radius 1 is 1.06 bits per heavy atom. The van der Waals surface area contributed by atoms with Gasteiger partial charge in [-0.15, -0.1) is 0 Å². The number of benzene rings is 1. The topological polar surface area (TPSA) is 15.3 Å². The Labute approximate surface area is 110 Å². The Kier molecular flexibility index (Phi) is 3.67. The van der Waals surface area contributed by atoms with Gasteiger partial charge in [-0.25, -0.2) is 0 Å². The molecule has 1 aromatic carbocycles. The van der Waals surface area contributed by atoms with E-state index < -0.39 is 0 Å². The van der Waals surface area contributed by atoms with Crippen LogP contribution >= 0.6 is 0 Å². The molecule has 1 spiro atoms. The van der Waals surface area contributed by atoms with Crippen LogP contribution in [-0.2, 0) is 6.54 Å². The summed E-state index contributed by atoms with van der Waals surface area (Å²) < 4.78 is 0. The van der Waals surface area contributed by atoms with Crippen LogP contribution in [0.5, 0.6) is 0 Å². The highest BCUT2D eigenvalue weighted by atomic mass is 15.2. The fraction of sp³-hybridized carbons (Fsp3) is 0.625. The van der Waals surface area contributed by atoms with Crippen LogP contribution in [0.1, 0.15) is 37.7 Å². The van der Waals surface area contributed by atoms with Crippen LogP contribution in [0.25, 0.3) is 0 Å². The van der Waals surface area contributed by atoms with Gasteiger partial charge in [-0.1, -0.05) is 36.8 Å². The van der Waals surface area contributed by atoms with Crippen molar-refractivity contribution in [2.45, 2.75) is 44.2 Å². The molecular weight excluding hydrogens is 220 g/mol. The highest BCUT2D eigenvalue weighted by Crippen LogP contribution is 2.29. The number of piperidine rings is 2. The Morgan fingerprint density at radius 3 is 2.67 bits per heavy atom. The number of rotatable bonds is 2. The Balaban J connectivity index is 1.63. The lowest BCUT2D eigenvalue weighted by Gasteiger charge is -2.46. The quantitative estimate of drug-likeness (QED) is 0.860. The normalized spacial score (nSPS) is 29.6. The van der Waals surface area contributed by atoms with Gasteiger partial charge in [0.05, 0.1) is 0 Å². The van der Waals surface area contributed by atoms with E-state index in [9.17, 15) is 0 Å². The predicted molar refractivity (Wildman–Crippen MR) is 75.5 cm³/mol. The van der Waals surface area contributed by atoms with Gasteiger partial charge in [-0.05, 0) is 44.3 Å². The fourth-order valence-electron chi connectivity index (χ4n) is 3.58. The summed E-state index contributed by atoms with van der Waals surface area (Å²) >= 11 is 0. The van der Waals surface area contributed by atoms with Gasteiger partial charge in [0.1, 0.15) is 0 Å². The van der Waals surface area contributed by atoms with Crippen molar-refractivity contribution >= 4 is 0 Å². The van der Waals surface area contributed by atoms with Crippen LogP contribution in [0.3, 0.4) is 0 Å². The maximum atomic E-state index is 3.81. The summed E-state index contributed by atoms with van der Waals surface area (Å²) in [5, 5.41) is 3.81. The van der Waals surface area contributed by atoms with Crippen LogP contribution in [0.4, 0.5) is 0 Å². The standard InChI is InChI=1S/C16H24N2/c1-2-7-15(8-3-1)13-18-12-6-10-16(14-18)9-4-5-11-17-16/h1-3,7-8,17H,4-6,9-14H2/t16-/m0/s1. The molecule has 2 nitrogen and oxygen atoms in total. The molecule has 1 aromatic rings. The van der Waals surface area contributed by atoms with Crippen molar-refractivity contribution in [2.24, 2.45) is 0 Å². The van der Waals surface area contributed by atoms with Crippen LogP contribution in [0, 0.1) is 0 Å². The fourth-order valence-corrected chi connectivity index (χ4v) is 3.58. The van der Waals surface area contributed by atoms with Gasteiger partial charge in [-0.2, -0.15) is 0 Å². The van der Waals surface area contributed by atoms with E-state index in [4.69, 9.17) is 0 Å². The first kappa shape index (κ1) is 12.2. The number of hydrogen-bond acceptors (Lipinski definition) is 2. The van der Waals surface area contributed by atoms with E-state index in [-0.39, 0.29) is 0 Å². The number of nitrogens with zero attached hydrogens (tertiary/aromatic N) is 1. The van der Waals surface area contributed by atoms with E-state index in [0.717, 1.165) is 6.54 Å². The van der Waals surface area contributed by atoms with Crippen molar-refractivity contribution < 1.29 is 0 Å². The SMILES string of the molecule is c1ccc(CN2CCC[C@@]3(CCCCN3)C2)cc1. The van der Waals surface area contributed by atoms with Gasteiger partial charge in [0.15, 0.2) is 0 Å². The van der Waals surface area contributed by atoms with Crippen LogP contribution in [0.15, 0.2) is 30.3 Å². The molecule has 0 unspecified atom stereocenters. The smallest absolute Gasteiger partial charge is 0.0309 e. The molecule has 1 atom stereocenters. The molecule has 0 radical (unpaired) electrons. The molecule has 2 fully saturated rings. The minimum absolute atomic E-state index is 0.436. The van der Waals surface area contributed by atoms with Crippen molar-refractivity contribution in [3.63, 3.8) is 0 Å². The minimum Gasteiger partial charge on any atom is -0.310 e. The second kappa shape index (κ2) is 5.41. The van der Waals surface area contributed by atoms with Gasteiger partial charge in [-0.3, -0.25) is 4.90 Å². The third kappa shape index (κ3) is 2.76. The summed E-state index contributed by atoms with van der Waals surface area (Å²) in [7, 11) is 0. The molecule has 0 aromatic heterocycles. The van der Waals surface area contributed by atoms with Gasteiger partial charge in [0, 0.05) is 18.6 Å². The number of hydrogen-bond donors (Lipinski definition) is 1. The molecular formula is C16H24N2. The van der Waals surface area contributed by atoms with E-state index in [1.807, 2.05) is 0 Å². The first-order chi connectivity index (χ1) is 8.86. The molecule has 0 aliphatic carbocycles. The molecule has 18 heavy (non-hydrogen) atoms. The maximum absolute atomic E-state index is 3.81. The average Bonchev–Trinajstić information content (AvgIpc) is 2.41. The third-order valence-corrected chi connectivity index (χ3v) is 4.49. The molecule has 1 N–H and O–H groups in total. The number of likely N-dealkylation sites (tertiary alicyclic amines) is 1. The summed E-state index contributed by atoms with van der Waals surface area (Å²) in [6, 6.07) is 10.9. The molecule has 0 saturated carbocycles. The van der Waals surface area contributed by atoms with Crippen LogP contribution in [-0.4, -0.2) is 30.1 Å². The van der Waals surface area contributed by atoms with Crippen molar-refractivity contribution in [3.05, 3.63) is 35.9 Å². The van der Waals surface area contributed by atoms with E-state index in [1.54, 1.807) is 0 Å². The largest absolute Gasteiger partial charge is 0.310 e. The molecule has 2 saturated heterocycles. The highest BCUT2D eigenvalue weighted by Gasteiger charge is 2.35. The summed E-state index contributed by atoms with van der Waals surface area (Å²) in [5.41, 5.74) is 1.89. The Morgan fingerprint density at radius 2 is 1.89 bits per heavy atom. The monoisotopic (exact) mass is 244 g/mol. The summed E-state index contributed by atoms with van der Waals surface area (Å²) in [6.45, 7) is 4.84. The first-order valence-corrected chi connectivity index (χ1v) is 7.38. The minimum atomic E-state index is 0.436.